The summed E-state index contributed by atoms with van der Waals surface area (Å²) >= 11 is 0. The molecule has 0 spiro atoms. The molecule has 2 aromatic carbocycles. The van der Waals surface area contributed by atoms with Crippen LogP contribution in [0.1, 0.15) is 17.3 Å². The lowest BCUT2D eigenvalue weighted by Gasteiger charge is -2.00. The van der Waals surface area contributed by atoms with Crippen LogP contribution in [-0.4, -0.2) is 10.9 Å². The van der Waals surface area contributed by atoms with Gasteiger partial charge in [-0.15, -0.1) is 5.11 Å². The quantitative estimate of drug-likeness (QED) is 0.500. The Morgan fingerprint density at radius 2 is 1.70 bits per heavy atom. The molecule has 20 heavy (non-hydrogen) atoms. The van der Waals surface area contributed by atoms with Crippen LogP contribution in [0.5, 0.6) is 5.75 Å². The highest BCUT2D eigenvalue weighted by Crippen LogP contribution is 2.27. The molecule has 0 atom stereocenters. The molecule has 2 aromatic rings. The van der Waals surface area contributed by atoms with Crippen LogP contribution in [0.2, 0.25) is 0 Å². The number of carbonyl (C=O) groups excluding carboxylic acids is 1. The number of aromatic hydroxyl groups is 1. The summed E-state index contributed by atoms with van der Waals surface area (Å²) in [7, 11) is 0. The van der Waals surface area contributed by atoms with Crippen molar-refractivity contribution in [2.24, 2.45) is 10.2 Å². The maximum absolute atomic E-state index is 11.7. The number of Topliss-reactive ketones (excluding diaryl/α,β-unsaturated/α-hetero) is 1. The summed E-state index contributed by atoms with van der Waals surface area (Å²) in [5.41, 5.74) is 2.06. The van der Waals surface area contributed by atoms with Crippen molar-refractivity contribution < 1.29 is 9.90 Å². The zero-order valence-corrected chi connectivity index (χ0v) is 11.1. The van der Waals surface area contributed by atoms with E-state index in [4.69, 9.17) is 0 Å². The number of phenolic OH excluding ortho intramolecular Hbond substituents is 1. The van der Waals surface area contributed by atoms with Crippen LogP contribution in [-0.2, 0) is 0 Å². The summed E-state index contributed by atoms with van der Waals surface area (Å²) in [6.45, 7) is 5.30. The second kappa shape index (κ2) is 5.93. The number of rotatable bonds is 4. The minimum absolute atomic E-state index is 0.0744. The lowest BCUT2D eigenvalue weighted by molar-refractivity contribution is 0.103. The number of para-hydroxylation sites is 1. The molecule has 0 aliphatic rings. The van der Waals surface area contributed by atoms with Crippen molar-refractivity contribution in [1.29, 1.82) is 0 Å². The zero-order valence-electron chi connectivity index (χ0n) is 11.1. The molecule has 0 amide bonds. The van der Waals surface area contributed by atoms with E-state index in [0.29, 0.717) is 22.5 Å². The van der Waals surface area contributed by atoms with Crippen molar-refractivity contribution >= 4 is 17.2 Å². The van der Waals surface area contributed by atoms with Gasteiger partial charge in [-0.3, -0.25) is 4.79 Å². The van der Waals surface area contributed by atoms with E-state index in [-0.39, 0.29) is 11.5 Å². The molecule has 0 fully saturated rings. The standard InChI is InChI=1S/C16H14N2O2/c1-11(2)16(20)12-7-9-13(10-8-12)17-18-14-5-3-4-6-15(14)19/h3-10,19H,1H2,2H3. The predicted molar refractivity (Wildman–Crippen MR) is 77.9 cm³/mol. The monoisotopic (exact) mass is 266 g/mol. The number of nitrogens with zero attached hydrogens (tertiary/aromatic N) is 2. The van der Waals surface area contributed by atoms with E-state index in [1.54, 1.807) is 55.5 Å². The molecule has 4 nitrogen and oxygen atoms in total. The van der Waals surface area contributed by atoms with Gasteiger partial charge in [-0.05, 0) is 48.9 Å². The molecule has 0 aromatic heterocycles. The summed E-state index contributed by atoms with van der Waals surface area (Å²) in [6, 6.07) is 13.4. The number of hydrogen-bond donors (Lipinski definition) is 1. The van der Waals surface area contributed by atoms with Crippen molar-refractivity contribution in [3.63, 3.8) is 0 Å². The Bertz CT molecular complexity index is 673. The van der Waals surface area contributed by atoms with E-state index in [2.05, 4.69) is 16.8 Å². The SMILES string of the molecule is C=C(C)C(=O)c1ccc(N=Nc2ccccc2O)cc1. The summed E-state index contributed by atoms with van der Waals surface area (Å²) in [4.78, 5) is 11.7. The Morgan fingerprint density at radius 3 is 2.30 bits per heavy atom. The molecule has 0 aliphatic carbocycles. The van der Waals surface area contributed by atoms with Crippen LogP contribution in [0.15, 0.2) is 70.9 Å². The molecule has 0 saturated carbocycles. The lowest BCUT2D eigenvalue weighted by atomic mass is 10.1. The van der Waals surface area contributed by atoms with E-state index in [0.717, 1.165) is 0 Å². The molecule has 1 N–H and O–H groups in total. The van der Waals surface area contributed by atoms with Crippen molar-refractivity contribution in [2.45, 2.75) is 6.92 Å². The Morgan fingerprint density at radius 1 is 1.05 bits per heavy atom. The third kappa shape index (κ3) is 3.17. The molecule has 0 bridgehead atoms. The minimum atomic E-state index is -0.0887. The van der Waals surface area contributed by atoms with Gasteiger partial charge in [-0.2, -0.15) is 5.11 Å². The van der Waals surface area contributed by atoms with Gasteiger partial charge in [0, 0.05) is 5.56 Å². The lowest BCUT2D eigenvalue weighted by Crippen LogP contribution is -1.98. The molecular formula is C16H14N2O2. The first-order valence-corrected chi connectivity index (χ1v) is 6.08. The van der Waals surface area contributed by atoms with Crippen molar-refractivity contribution in [1.82, 2.24) is 0 Å². The molecule has 4 heteroatoms. The van der Waals surface area contributed by atoms with Crippen molar-refractivity contribution in [3.05, 3.63) is 66.2 Å². The number of carbonyl (C=O) groups is 1. The number of azo groups is 1. The van der Waals surface area contributed by atoms with Gasteiger partial charge in [-0.1, -0.05) is 18.7 Å². The van der Waals surface area contributed by atoms with Crippen LogP contribution >= 0.6 is 0 Å². The fourth-order valence-corrected chi connectivity index (χ4v) is 1.59. The van der Waals surface area contributed by atoms with Gasteiger partial charge in [-0.25, -0.2) is 0 Å². The zero-order chi connectivity index (χ0) is 14.5. The summed E-state index contributed by atoms with van der Waals surface area (Å²) < 4.78 is 0. The Hall–Kier alpha value is -2.75. The number of hydrogen-bond acceptors (Lipinski definition) is 4. The molecular weight excluding hydrogens is 252 g/mol. The second-order valence-corrected chi connectivity index (χ2v) is 4.35. The maximum atomic E-state index is 11.7. The smallest absolute Gasteiger partial charge is 0.188 e. The van der Waals surface area contributed by atoms with E-state index < -0.39 is 0 Å². The van der Waals surface area contributed by atoms with Crippen LogP contribution in [0, 0.1) is 0 Å². The summed E-state index contributed by atoms with van der Waals surface area (Å²) in [5.74, 6) is -0.0143. The molecule has 0 saturated heterocycles. The highest BCUT2D eigenvalue weighted by molar-refractivity contribution is 6.07. The Balaban J connectivity index is 2.17. The second-order valence-electron chi connectivity index (χ2n) is 4.35. The predicted octanol–water partition coefficient (Wildman–Crippen LogP) is 4.57. The first-order chi connectivity index (χ1) is 9.58. The summed E-state index contributed by atoms with van der Waals surface area (Å²) in [6.07, 6.45) is 0. The maximum Gasteiger partial charge on any atom is 0.188 e. The number of benzene rings is 2. The van der Waals surface area contributed by atoms with E-state index in [1.165, 1.54) is 0 Å². The van der Waals surface area contributed by atoms with Gasteiger partial charge in [0.25, 0.3) is 0 Å². The average molecular weight is 266 g/mol. The Labute approximate surface area is 117 Å². The molecule has 0 unspecified atom stereocenters. The minimum Gasteiger partial charge on any atom is -0.506 e. The van der Waals surface area contributed by atoms with Gasteiger partial charge in [0.2, 0.25) is 0 Å². The highest BCUT2D eigenvalue weighted by atomic mass is 16.3. The van der Waals surface area contributed by atoms with Crippen LogP contribution in [0.4, 0.5) is 11.4 Å². The number of ketones is 1. The summed E-state index contributed by atoms with van der Waals surface area (Å²) in [5, 5.41) is 17.5. The van der Waals surface area contributed by atoms with Gasteiger partial charge < -0.3 is 5.11 Å². The molecule has 0 radical (unpaired) electrons. The van der Waals surface area contributed by atoms with Gasteiger partial charge in [0.1, 0.15) is 11.4 Å². The van der Waals surface area contributed by atoms with E-state index in [9.17, 15) is 9.90 Å². The first-order valence-electron chi connectivity index (χ1n) is 6.08. The topological polar surface area (TPSA) is 62.0 Å². The average Bonchev–Trinajstić information content (AvgIpc) is 2.46. The fraction of sp³-hybridized carbons (Fsp3) is 0.0625. The normalized spacial score (nSPS) is 10.7. The van der Waals surface area contributed by atoms with Gasteiger partial charge in [0.05, 0.1) is 5.69 Å². The first kappa shape index (κ1) is 13.7. The molecule has 100 valence electrons. The number of allylic oxidation sites excluding steroid dienone is 1. The van der Waals surface area contributed by atoms with Crippen LogP contribution in [0.3, 0.4) is 0 Å². The molecule has 0 heterocycles. The van der Waals surface area contributed by atoms with Gasteiger partial charge >= 0.3 is 0 Å². The highest BCUT2D eigenvalue weighted by Gasteiger charge is 2.05. The van der Waals surface area contributed by atoms with Crippen LogP contribution in [0.25, 0.3) is 0 Å². The number of phenols is 1. The molecule has 0 aliphatic heterocycles. The molecule has 2 rings (SSSR count). The fourth-order valence-electron chi connectivity index (χ4n) is 1.59. The van der Waals surface area contributed by atoms with E-state index >= 15 is 0 Å². The third-order valence-electron chi connectivity index (χ3n) is 2.67. The van der Waals surface area contributed by atoms with Crippen LogP contribution < -0.4 is 0 Å². The Kier molecular flexibility index (Phi) is 4.05. The van der Waals surface area contributed by atoms with Gasteiger partial charge in [0.15, 0.2) is 5.78 Å². The van der Waals surface area contributed by atoms with E-state index in [1.807, 2.05) is 0 Å². The third-order valence-corrected chi connectivity index (χ3v) is 2.67. The largest absolute Gasteiger partial charge is 0.506 e. The van der Waals surface area contributed by atoms with Crippen molar-refractivity contribution in [2.75, 3.05) is 0 Å². The van der Waals surface area contributed by atoms with Crippen molar-refractivity contribution in [3.8, 4) is 5.75 Å².